The van der Waals surface area contributed by atoms with E-state index in [2.05, 4.69) is 39.8 Å². The fourth-order valence-corrected chi connectivity index (χ4v) is 4.40. The summed E-state index contributed by atoms with van der Waals surface area (Å²) in [5, 5.41) is 5.32. The molecular formula is C17H15IN2O2. The Bertz CT molecular complexity index is 680. The van der Waals surface area contributed by atoms with Crippen molar-refractivity contribution in [3.05, 3.63) is 45.6 Å². The highest BCUT2D eigenvalue weighted by molar-refractivity contribution is 14.1. The fraction of sp³-hybridized carbons (Fsp3) is 0.353. The summed E-state index contributed by atoms with van der Waals surface area (Å²) in [5.41, 5.74) is 0.916. The molecule has 1 heterocycles. The Labute approximate surface area is 142 Å². The average Bonchev–Trinajstić information content (AvgIpc) is 2.82. The van der Waals surface area contributed by atoms with E-state index in [-0.39, 0.29) is 35.5 Å². The van der Waals surface area contributed by atoms with Gasteiger partial charge in [-0.05, 0) is 53.3 Å². The predicted molar refractivity (Wildman–Crippen MR) is 90.9 cm³/mol. The van der Waals surface area contributed by atoms with E-state index in [1.807, 2.05) is 24.3 Å². The highest BCUT2D eigenvalue weighted by Gasteiger charge is 2.56. The molecule has 0 aromatic heterocycles. The van der Waals surface area contributed by atoms with E-state index in [1.54, 1.807) is 6.21 Å². The first-order valence-corrected chi connectivity index (χ1v) is 8.59. The molecule has 1 saturated heterocycles. The smallest absolute Gasteiger partial charge is 0.254 e. The molecule has 4 atom stereocenters. The molecule has 2 bridgehead atoms. The quantitative estimate of drug-likeness (QED) is 0.328. The summed E-state index contributed by atoms with van der Waals surface area (Å²) in [5.74, 6) is -0.217. The Morgan fingerprint density at radius 2 is 1.64 bits per heavy atom. The standard InChI is InChI=1S/C17H15IN2O2/c18-13-4-2-1-3-12(13)9-19-20-16(21)14-10-5-6-11(8-7-10)15(14)17(20)22/h1-6,9-11,14-15H,7-8H2/b19-9-/t10-,11-,14-,15+/m0/s1. The van der Waals surface area contributed by atoms with Crippen LogP contribution in [0.3, 0.4) is 0 Å². The van der Waals surface area contributed by atoms with Gasteiger partial charge in [-0.3, -0.25) is 9.59 Å². The third-order valence-electron chi connectivity index (χ3n) is 4.95. The maximum atomic E-state index is 12.6. The molecule has 0 unspecified atom stereocenters. The van der Waals surface area contributed by atoms with E-state index in [0.717, 1.165) is 27.0 Å². The molecule has 1 aliphatic heterocycles. The molecule has 2 fully saturated rings. The first-order valence-electron chi connectivity index (χ1n) is 7.51. The number of hydrogen-bond acceptors (Lipinski definition) is 3. The van der Waals surface area contributed by atoms with Gasteiger partial charge in [0.25, 0.3) is 11.8 Å². The van der Waals surface area contributed by atoms with Gasteiger partial charge in [0.15, 0.2) is 0 Å². The van der Waals surface area contributed by atoms with Gasteiger partial charge in [0, 0.05) is 9.13 Å². The molecule has 2 amide bonds. The first-order chi connectivity index (χ1) is 10.7. The number of imide groups is 1. The highest BCUT2D eigenvalue weighted by atomic mass is 127. The lowest BCUT2D eigenvalue weighted by Gasteiger charge is -2.37. The number of hydrazone groups is 1. The van der Waals surface area contributed by atoms with Crippen molar-refractivity contribution in [2.24, 2.45) is 28.8 Å². The second-order valence-corrected chi connectivity index (χ2v) is 7.26. The van der Waals surface area contributed by atoms with E-state index in [4.69, 9.17) is 0 Å². The molecule has 22 heavy (non-hydrogen) atoms. The van der Waals surface area contributed by atoms with Crippen LogP contribution in [0.2, 0.25) is 0 Å². The fourth-order valence-electron chi connectivity index (χ4n) is 3.87. The van der Waals surface area contributed by atoms with Crippen LogP contribution in [0.4, 0.5) is 0 Å². The third kappa shape index (κ3) is 2.06. The molecule has 4 aliphatic rings. The summed E-state index contributed by atoms with van der Waals surface area (Å²) in [6.45, 7) is 0. The van der Waals surface area contributed by atoms with Crippen LogP contribution in [-0.4, -0.2) is 23.0 Å². The topological polar surface area (TPSA) is 49.7 Å². The molecular weight excluding hydrogens is 391 g/mol. The van der Waals surface area contributed by atoms with Crippen molar-refractivity contribution >= 4 is 40.6 Å². The summed E-state index contributed by atoms with van der Waals surface area (Å²) >= 11 is 2.22. The van der Waals surface area contributed by atoms with Crippen molar-refractivity contribution in [1.29, 1.82) is 0 Å². The van der Waals surface area contributed by atoms with Crippen molar-refractivity contribution in [1.82, 2.24) is 5.01 Å². The Hall–Kier alpha value is -1.50. The molecule has 4 nitrogen and oxygen atoms in total. The molecule has 0 N–H and O–H groups in total. The Kier molecular flexibility index (Phi) is 3.40. The van der Waals surface area contributed by atoms with E-state index >= 15 is 0 Å². The van der Waals surface area contributed by atoms with Crippen LogP contribution in [0.1, 0.15) is 18.4 Å². The highest BCUT2D eigenvalue weighted by Crippen LogP contribution is 2.49. The SMILES string of the molecule is O=C1[C@@H]2[C@H](C(=O)N1/N=C\c1ccccc1I)[C@H]1C=C[C@H]2CC1. The molecule has 112 valence electrons. The number of hydrogen-bond donors (Lipinski definition) is 0. The summed E-state index contributed by atoms with van der Waals surface area (Å²) in [6, 6.07) is 7.76. The van der Waals surface area contributed by atoms with Crippen molar-refractivity contribution in [2.75, 3.05) is 0 Å². The number of halogens is 1. The van der Waals surface area contributed by atoms with Crippen LogP contribution in [-0.2, 0) is 9.59 Å². The second kappa shape index (κ2) is 5.30. The van der Waals surface area contributed by atoms with Crippen LogP contribution in [0, 0.1) is 27.2 Å². The molecule has 5 rings (SSSR count). The number of carbonyl (C=O) groups is 2. The van der Waals surface area contributed by atoms with Crippen LogP contribution in [0.15, 0.2) is 41.5 Å². The van der Waals surface area contributed by atoms with E-state index < -0.39 is 0 Å². The second-order valence-electron chi connectivity index (χ2n) is 6.10. The Morgan fingerprint density at radius 1 is 1.05 bits per heavy atom. The summed E-state index contributed by atoms with van der Waals surface area (Å²) < 4.78 is 1.04. The van der Waals surface area contributed by atoms with Crippen molar-refractivity contribution < 1.29 is 9.59 Å². The van der Waals surface area contributed by atoms with Crippen LogP contribution < -0.4 is 0 Å². The van der Waals surface area contributed by atoms with Gasteiger partial charge in [0.2, 0.25) is 0 Å². The monoisotopic (exact) mass is 406 g/mol. The van der Waals surface area contributed by atoms with Crippen molar-refractivity contribution in [3.63, 3.8) is 0 Å². The van der Waals surface area contributed by atoms with Gasteiger partial charge < -0.3 is 0 Å². The Morgan fingerprint density at radius 3 is 2.18 bits per heavy atom. The number of amides is 2. The number of fused-ring (bicyclic) bond motifs is 1. The molecule has 1 aromatic rings. The maximum absolute atomic E-state index is 12.6. The van der Waals surface area contributed by atoms with Crippen LogP contribution in [0.25, 0.3) is 0 Å². The number of carbonyl (C=O) groups excluding carboxylic acids is 2. The number of rotatable bonds is 2. The zero-order valence-electron chi connectivity index (χ0n) is 11.9. The summed E-state index contributed by atoms with van der Waals surface area (Å²) in [7, 11) is 0. The lowest BCUT2D eigenvalue weighted by molar-refractivity contribution is -0.140. The zero-order valence-corrected chi connectivity index (χ0v) is 14.0. The number of benzene rings is 1. The first kappa shape index (κ1) is 14.1. The van der Waals surface area contributed by atoms with E-state index in [0.29, 0.717) is 0 Å². The van der Waals surface area contributed by atoms with Gasteiger partial charge in [0.05, 0.1) is 18.1 Å². The minimum atomic E-state index is -0.191. The molecule has 1 saturated carbocycles. The zero-order chi connectivity index (χ0) is 15.3. The van der Waals surface area contributed by atoms with Gasteiger partial charge >= 0.3 is 0 Å². The van der Waals surface area contributed by atoms with Crippen molar-refractivity contribution in [3.8, 4) is 0 Å². The minimum Gasteiger partial charge on any atom is -0.272 e. The lowest BCUT2D eigenvalue weighted by Crippen LogP contribution is -2.38. The largest absolute Gasteiger partial charge is 0.272 e. The van der Waals surface area contributed by atoms with E-state index in [1.165, 1.54) is 0 Å². The normalized spacial score (nSPS) is 33.0. The van der Waals surface area contributed by atoms with Crippen molar-refractivity contribution in [2.45, 2.75) is 12.8 Å². The molecule has 3 aliphatic carbocycles. The lowest BCUT2D eigenvalue weighted by atomic mass is 9.63. The third-order valence-corrected chi connectivity index (χ3v) is 5.94. The van der Waals surface area contributed by atoms with Gasteiger partial charge in [-0.1, -0.05) is 30.4 Å². The maximum Gasteiger partial charge on any atom is 0.254 e. The molecule has 0 radical (unpaired) electrons. The molecule has 5 heteroatoms. The predicted octanol–water partition coefficient (Wildman–Crippen LogP) is 2.82. The van der Waals surface area contributed by atoms with Crippen LogP contribution in [0.5, 0.6) is 0 Å². The average molecular weight is 406 g/mol. The summed E-state index contributed by atoms with van der Waals surface area (Å²) in [6.07, 6.45) is 7.87. The Balaban J connectivity index is 1.63. The molecule has 1 aromatic carbocycles. The number of nitrogens with zero attached hydrogens (tertiary/aromatic N) is 2. The van der Waals surface area contributed by atoms with Gasteiger partial charge in [-0.2, -0.15) is 10.1 Å². The minimum absolute atomic E-state index is 0.128. The van der Waals surface area contributed by atoms with Gasteiger partial charge in [-0.25, -0.2) is 0 Å². The van der Waals surface area contributed by atoms with E-state index in [9.17, 15) is 9.59 Å². The van der Waals surface area contributed by atoms with Crippen LogP contribution >= 0.6 is 22.6 Å². The van der Waals surface area contributed by atoms with Gasteiger partial charge in [0.1, 0.15) is 0 Å². The summed E-state index contributed by atoms with van der Waals surface area (Å²) in [4.78, 5) is 25.2. The number of allylic oxidation sites excluding steroid dienone is 2. The molecule has 0 spiro atoms. The van der Waals surface area contributed by atoms with Gasteiger partial charge in [-0.15, -0.1) is 0 Å².